The molecule has 8 heteroatoms. The molecule has 0 spiro atoms. The number of anilines is 2. The Kier molecular flexibility index (Phi) is 3.64. The lowest BCUT2D eigenvalue weighted by atomic mass is 10.2. The number of H-pyrrole nitrogens is 1. The highest BCUT2D eigenvalue weighted by atomic mass is 35.5. The zero-order valence-electron chi connectivity index (χ0n) is 11.8. The van der Waals surface area contributed by atoms with Crippen LogP contribution in [0.4, 0.5) is 10.8 Å². The van der Waals surface area contributed by atoms with Crippen LogP contribution in [0.3, 0.4) is 0 Å². The van der Waals surface area contributed by atoms with Gasteiger partial charge in [-0.1, -0.05) is 29.0 Å². The second-order valence-corrected chi connectivity index (χ2v) is 6.32. The number of aromatic amines is 1. The molecule has 0 saturated carbocycles. The van der Waals surface area contributed by atoms with Crippen LogP contribution in [0, 0.1) is 0 Å². The monoisotopic (exact) mass is 342 g/mol. The van der Waals surface area contributed by atoms with E-state index in [1.54, 1.807) is 12.4 Å². The first kappa shape index (κ1) is 14.1. The summed E-state index contributed by atoms with van der Waals surface area (Å²) < 4.78 is 0. The van der Waals surface area contributed by atoms with Gasteiger partial charge in [-0.3, -0.25) is 10.1 Å². The van der Waals surface area contributed by atoms with Crippen LogP contribution >= 0.6 is 22.9 Å². The van der Waals surface area contributed by atoms with Gasteiger partial charge in [0.1, 0.15) is 5.01 Å². The second-order valence-electron chi connectivity index (χ2n) is 4.88. The van der Waals surface area contributed by atoms with Gasteiger partial charge in [0.05, 0.1) is 22.4 Å². The molecular weight excluding hydrogens is 332 g/mol. The van der Waals surface area contributed by atoms with Gasteiger partial charge in [-0.25, -0.2) is 0 Å². The van der Waals surface area contributed by atoms with E-state index in [0.29, 0.717) is 16.6 Å². The lowest BCUT2D eigenvalue weighted by Gasteiger charge is -2.05. The van der Waals surface area contributed by atoms with E-state index in [0.717, 1.165) is 27.3 Å². The average Bonchev–Trinajstić information content (AvgIpc) is 3.21. The summed E-state index contributed by atoms with van der Waals surface area (Å²) in [5, 5.41) is 21.5. The van der Waals surface area contributed by atoms with Crippen molar-refractivity contribution in [2.24, 2.45) is 0 Å². The topological polar surface area (TPSA) is 79.4 Å². The van der Waals surface area contributed by atoms with Crippen LogP contribution in [-0.4, -0.2) is 25.4 Å². The summed E-state index contributed by atoms with van der Waals surface area (Å²) in [5.74, 6) is 0. The third-order valence-electron chi connectivity index (χ3n) is 3.33. The molecule has 0 radical (unpaired) electrons. The highest BCUT2D eigenvalue weighted by Crippen LogP contribution is 2.32. The van der Waals surface area contributed by atoms with Gasteiger partial charge in [-0.15, -0.1) is 10.2 Å². The Bertz CT molecular complexity index is 949. The van der Waals surface area contributed by atoms with E-state index in [4.69, 9.17) is 11.6 Å². The molecule has 2 N–H and O–H groups in total. The summed E-state index contributed by atoms with van der Waals surface area (Å²) in [7, 11) is 0. The van der Waals surface area contributed by atoms with Crippen molar-refractivity contribution in [1.82, 2.24) is 25.4 Å². The molecule has 0 fully saturated rings. The van der Waals surface area contributed by atoms with E-state index in [9.17, 15) is 0 Å². The van der Waals surface area contributed by atoms with Crippen molar-refractivity contribution in [2.75, 3.05) is 5.32 Å². The van der Waals surface area contributed by atoms with Gasteiger partial charge < -0.3 is 5.32 Å². The Hall–Kier alpha value is -2.51. The van der Waals surface area contributed by atoms with E-state index in [-0.39, 0.29) is 0 Å². The number of nitrogens with one attached hydrogen (secondary N) is 2. The standard InChI is InChI=1S/C15H11ClN6S/c16-14-10-8-18-20-11(10)4-5-12(14)19-15-22-21-13(23-15)7-9-3-1-2-6-17-9/h1-6,8H,7H2,(H,18,20)(H,19,22). The van der Waals surface area contributed by atoms with Gasteiger partial charge in [-0.2, -0.15) is 5.10 Å². The average molecular weight is 343 g/mol. The van der Waals surface area contributed by atoms with Crippen LogP contribution in [-0.2, 0) is 6.42 Å². The van der Waals surface area contributed by atoms with E-state index in [1.807, 2.05) is 30.3 Å². The molecule has 0 aliphatic carbocycles. The van der Waals surface area contributed by atoms with Gasteiger partial charge in [-0.05, 0) is 24.3 Å². The molecule has 0 aliphatic heterocycles. The van der Waals surface area contributed by atoms with Crippen LogP contribution in [0.2, 0.25) is 5.02 Å². The quantitative estimate of drug-likeness (QED) is 0.589. The molecular formula is C15H11ClN6S. The molecule has 3 aromatic heterocycles. The van der Waals surface area contributed by atoms with Crippen molar-refractivity contribution in [3.05, 3.63) is 58.4 Å². The predicted octanol–water partition coefficient (Wildman–Crippen LogP) is 3.80. The Morgan fingerprint density at radius 2 is 2.13 bits per heavy atom. The van der Waals surface area contributed by atoms with E-state index >= 15 is 0 Å². The van der Waals surface area contributed by atoms with Crippen LogP contribution in [0.5, 0.6) is 0 Å². The van der Waals surface area contributed by atoms with Gasteiger partial charge in [0.15, 0.2) is 0 Å². The Balaban J connectivity index is 1.56. The number of halogens is 1. The summed E-state index contributed by atoms with van der Waals surface area (Å²) in [6.45, 7) is 0. The molecule has 4 aromatic rings. The number of rotatable bonds is 4. The molecule has 23 heavy (non-hydrogen) atoms. The minimum absolute atomic E-state index is 0.609. The predicted molar refractivity (Wildman–Crippen MR) is 91.3 cm³/mol. The maximum atomic E-state index is 6.39. The van der Waals surface area contributed by atoms with Crippen LogP contribution in [0.15, 0.2) is 42.7 Å². The maximum absolute atomic E-state index is 6.39. The lowest BCUT2D eigenvalue weighted by Crippen LogP contribution is -1.90. The molecule has 0 atom stereocenters. The van der Waals surface area contributed by atoms with Gasteiger partial charge in [0.2, 0.25) is 5.13 Å². The summed E-state index contributed by atoms with van der Waals surface area (Å²) in [5.41, 5.74) is 2.64. The zero-order valence-corrected chi connectivity index (χ0v) is 13.4. The first-order valence-electron chi connectivity index (χ1n) is 6.90. The number of hydrogen-bond donors (Lipinski definition) is 2. The molecule has 0 amide bonds. The third-order valence-corrected chi connectivity index (χ3v) is 4.57. The molecule has 0 aliphatic rings. The molecule has 0 bridgehead atoms. The van der Waals surface area contributed by atoms with Crippen LogP contribution in [0.25, 0.3) is 10.9 Å². The fourth-order valence-corrected chi connectivity index (χ4v) is 3.26. The van der Waals surface area contributed by atoms with Crippen LogP contribution < -0.4 is 5.32 Å². The van der Waals surface area contributed by atoms with Crippen molar-refractivity contribution < 1.29 is 0 Å². The van der Waals surface area contributed by atoms with Crippen LogP contribution in [0.1, 0.15) is 10.7 Å². The fourth-order valence-electron chi connectivity index (χ4n) is 2.23. The normalized spacial score (nSPS) is 11.0. The largest absolute Gasteiger partial charge is 0.329 e. The van der Waals surface area contributed by atoms with E-state index < -0.39 is 0 Å². The number of benzene rings is 1. The zero-order chi connectivity index (χ0) is 15.6. The number of hydrogen-bond acceptors (Lipinski definition) is 6. The number of fused-ring (bicyclic) bond motifs is 1. The minimum Gasteiger partial charge on any atom is -0.329 e. The van der Waals surface area contributed by atoms with Crippen molar-refractivity contribution in [3.63, 3.8) is 0 Å². The van der Waals surface area contributed by atoms with Gasteiger partial charge >= 0.3 is 0 Å². The lowest BCUT2D eigenvalue weighted by molar-refractivity contribution is 0.978. The van der Waals surface area contributed by atoms with Crippen molar-refractivity contribution in [1.29, 1.82) is 0 Å². The van der Waals surface area contributed by atoms with Gasteiger partial charge in [0.25, 0.3) is 0 Å². The minimum atomic E-state index is 0.609. The molecule has 114 valence electrons. The first-order valence-corrected chi connectivity index (χ1v) is 8.10. The number of aromatic nitrogens is 5. The smallest absolute Gasteiger partial charge is 0.210 e. The van der Waals surface area contributed by atoms with E-state index in [2.05, 4.69) is 30.7 Å². The molecule has 1 aromatic carbocycles. The van der Waals surface area contributed by atoms with Crippen molar-refractivity contribution in [3.8, 4) is 0 Å². The van der Waals surface area contributed by atoms with Crippen molar-refractivity contribution in [2.45, 2.75) is 6.42 Å². The Morgan fingerprint density at radius 1 is 1.17 bits per heavy atom. The molecule has 0 saturated heterocycles. The molecule has 0 unspecified atom stereocenters. The summed E-state index contributed by atoms with van der Waals surface area (Å²) in [6, 6.07) is 9.64. The molecule has 4 rings (SSSR count). The van der Waals surface area contributed by atoms with E-state index in [1.165, 1.54) is 11.3 Å². The summed E-state index contributed by atoms with van der Waals surface area (Å²) in [6.07, 6.45) is 4.14. The third kappa shape index (κ3) is 2.88. The number of nitrogens with zero attached hydrogens (tertiary/aromatic N) is 4. The second kappa shape index (κ2) is 5.94. The first-order chi connectivity index (χ1) is 11.3. The molecule has 6 nitrogen and oxygen atoms in total. The Labute approximate surface area is 140 Å². The maximum Gasteiger partial charge on any atom is 0.210 e. The summed E-state index contributed by atoms with van der Waals surface area (Å²) >= 11 is 7.88. The summed E-state index contributed by atoms with van der Waals surface area (Å²) in [4.78, 5) is 4.30. The Morgan fingerprint density at radius 3 is 3.00 bits per heavy atom. The molecule has 3 heterocycles. The highest BCUT2D eigenvalue weighted by molar-refractivity contribution is 7.15. The highest BCUT2D eigenvalue weighted by Gasteiger charge is 2.10. The number of pyridine rings is 1. The van der Waals surface area contributed by atoms with Gasteiger partial charge in [0, 0.05) is 23.7 Å². The fraction of sp³-hybridized carbons (Fsp3) is 0.0667. The SMILES string of the molecule is Clc1c(Nc2nnc(Cc3ccccn3)s2)ccc2[nH]ncc12. The van der Waals surface area contributed by atoms with Crippen molar-refractivity contribution >= 4 is 44.7 Å².